The summed E-state index contributed by atoms with van der Waals surface area (Å²) in [4.78, 5) is 11.0. The molecule has 0 saturated carbocycles. The van der Waals surface area contributed by atoms with Crippen LogP contribution in [0.2, 0.25) is 0 Å². The summed E-state index contributed by atoms with van der Waals surface area (Å²) in [6.07, 6.45) is 0. The summed E-state index contributed by atoms with van der Waals surface area (Å²) in [5.41, 5.74) is 2.34. The molecule has 0 bridgehead atoms. The number of hydroxylamine groups is 1. The fraction of sp³-hybridized carbons (Fsp3) is 0.562. The molecule has 1 unspecified atom stereocenters. The third-order valence-corrected chi connectivity index (χ3v) is 4.36. The highest BCUT2D eigenvalue weighted by Crippen LogP contribution is 2.50. The van der Waals surface area contributed by atoms with Gasteiger partial charge in [-0.25, -0.2) is 5.48 Å². The van der Waals surface area contributed by atoms with Gasteiger partial charge < -0.3 is 9.30 Å². The van der Waals surface area contributed by atoms with E-state index in [1.54, 1.807) is 44.7 Å². The van der Waals surface area contributed by atoms with Crippen molar-refractivity contribution in [3.05, 3.63) is 29.8 Å². The van der Waals surface area contributed by atoms with Gasteiger partial charge in [-0.3, -0.25) is 15.3 Å². The number of hydrogen-bond donors (Lipinski definition) is 3. The van der Waals surface area contributed by atoms with E-state index in [4.69, 9.17) is 9.94 Å². The molecule has 7 heteroatoms. The van der Waals surface area contributed by atoms with Gasteiger partial charge in [0.05, 0.1) is 19.4 Å². The van der Waals surface area contributed by atoms with Crippen LogP contribution in [0.25, 0.3) is 0 Å². The third kappa shape index (κ3) is 9.39. The Morgan fingerprint density at radius 2 is 1.65 bits per heavy atom. The van der Waals surface area contributed by atoms with Crippen LogP contribution >= 0.6 is 7.14 Å². The van der Waals surface area contributed by atoms with Gasteiger partial charge >= 0.3 is 0 Å². The van der Waals surface area contributed by atoms with E-state index in [-0.39, 0.29) is 6.54 Å². The van der Waals surface area contributed by atoms with E-state index in [9.17, 15) is 9.36 Å². The van der Waals surface area contributed by atoms with Crippen LogP contribution in [-0.4, -0.2) is 38.1 Å². The fourth-order valence-electron chi connectivity index (χ4n) is 1.71. The molecule has 1 aromatic carbocycles. The van der Waals surface area contributed by atoms with Crippen molar-refractivity contribution in [3.63, 3.8) is 0 Å². The maximum absolute atomic E-state index is 12.3. The maximum atomic E-state index is 12.3. The Morgan fingerprint density at radius 1 is 1.17 bits per heavy atom. The third-order valence-electron chi connectivity index (χ3n) is 2.63. The average Bonchev–Trinajstić information content (AvgIpc) is 2.57. The lowest BCUT2D eigenvalue weighted by atomic mass is 10.2. The van der Waals surface area contributed by atoms with Crippen LogP contribution in [0, 0.1) is 0 Å². The van der Waals surface area contributed by atoms with Crippen molar-refractivity contribution in [2.75, 3.05) is 27.0 Å². The molecule has 0 aromatic heterocycles. The number of nitrogens with one attached hydrogen (secondary N) is 2. The Morgan fingerprint density at radius 3 is 2.00 bits per heavy atom. The first-order chi connectivity index (χ1) is 10.9. The highest BCUT2D eigenvalue weighted by Gasteiger charge is 2.25. The zero-order chi connectivity index (χ0) is 18.5. The Hall–Kier alpha value is -1.36. The number of carbonyl (C=O) groups is 1. The molecular weight excluding hydrogens is 315 g/mol. The molecule has 0 aliphatic carbocycles. The number of rotatable bonds is 6. The van der Waals surface area contributed by atoms with Gasteiger partial charge in [-0.2, -0.15) is 0 Å². The second kappa shape index (κ2) is 13.1. The molecule has 1 atom stereocenters. The number of benzene rings is 1. The zero-order valence-corrected chi connectivity index (χ0v) is 16.1. The molecule has 0 aliphatic heterocycles. The Kier molecular flexibility index (Phi) is 13.6. The van der Waals surface area contributed by atoms with E-state index in [1.165, 1.54) is 5.48 Å². The fourth-order valence-corrected chi connectivity index (χ4v) is 3.13. The van der Waals surface area contributed by atoms with Gasteiger partial charge in [-0.1, -0.05) is 39.8 Å². The Bertz CT molecular complexity index is 471. The van der Waals surface area contributed by atoms with Gasteiger partial charge in [0.15, 0.2) is 0 Å². The summed E-state index contributed by atoms with van der Waals surface area (Å²) in [7, 11) is -0.931. The minimum absolute atomic E-state index is 0.112. The van der Waals surface area contributed by atoms with Crippen molar-refractivity contribution in [1.82, 2.24) is 10.8 Å². The van der Waals surface area contributed by atoms with Crippen molar-refractivity contribution in [1.29, 1.82) is 0 Å². The molecule has 3 N–H and O–H groups in total. The summed E-state index contributed by atoms with van der Waals surface area (Å²) in [5, 5.41) is 11.4. The summed E-state index contributed by atoms with van der Waals surface area (Å²) < 4.78 is 17.3. The van der Waals surface area contributed by atoms with Crippen LogP contribution in [-0.2, 0) is 9.36 Å². The SMILES string of the molecule is CC.CC.COc1ccc(C(NCC(=O)NO)P(C)(C)=O)cc1. The molecule has 0 heterocycles. The molecule has 134 valence electrons. The van der Waals surface area contributed by atoms with E-state index >= 15 is 0 Å². The summed E-state index contributed by atoms with van der Waals surface area (Å²) in [6.45, 7) is 11.2. The number of ether oxygens (including phenoxy) is 1. The van der Waals surface area contributed by atoms with Crippen molar-refractivity contribution < 1.29 is 19.3 Å². The molecule has 6 nitrogen and oxygen atoms in total. The van der Waals surface area contributed by atoms with Gasteiger partial charge in [0.1, 0.15) is 12.9 Å². The van der Waals surface area contributed by atoms with Gasteiger partial charge in [0.2, 0.25) is 0 Å². The number of carbonyl (C=O) groups excluding carboxylic acids is 1. The lowest BCUT2D eigenvalue weighted by Crippen LogP contribution is -2.34. The average molecular weight is 346 g/mol. The minimum atomic E-state index is -2.50. The van der Waals surface area contributed by atoms with Crippen molar-refractivity contribution in [3.8, 4) is 5.75 Å². The zero-order valence-electron chi connectivity index (χ0n) is 15.2. The number of methoxy groups -OCH3 is 1. The van der Waals surface area contributed by atoms with E-state index < -0.39 is 18.8 Å². The quantitative estimate of drug-likeness (QED) is 0.417. The van der Waals surface area contributed by atoms with Crippen LogP contribution in [0.15, 0.2) is 24.3 Å². The Balaban J connectivity index is 0. The monoisotopic (exact) mass is 346 g/mol. The molecule has 23 heavy (non-hydrogen) atoms. The van der Waals surface area contributed by atoms with Crippen molar-refractivity contribution in [2.24, 2.45) is 0 Å². The van der Waals surface area contributed by atoms with Crippen LogP contribution in [0.3, 0.4) is 0 Å². The van der Waals surface area contributed by atoms with Gasteiger partial charge in [-0.05, 0) is 31.0 Å². The molecule has 0 saturated heterocycles. The van der Waals surface area contributed by atoms with Gasteiger partial charge in [0.25, 0.3) is 5.91 Å². The second-order valence-electron chi connectivity index (χ2n) is 4.53. The van der Waals surface area contributed by atoms with Crippen LogP contribution in [0.5, 0.6) is 5.75 Å². The van der Waals surface area contributed by atoms with Crippen LogP contribution < -0.4 is 15.5 Å². The molecule has 0 radical (unpaired) electrons. The summed E-state index contributed by atoms with van der Waals surface area (Å²) in [6, 6.07) is 7.14. The van der Waals surface area contributed by atoms with Crippen molar-refractivity contribution >= 4 is 13.0 Å². The second-order valence-corrected chi connectivity index (χ2v) is 7.91. The maximum Gasteiger partial charge on any atom is 0.257 e. The predicted octanol–water partition coefficient (Wildman–Crippen LogP) is 3.46. The first-order valence-corrected chi connectivity index (χ1v) is 10.4. The summed E-state index contributed by atoms with van der Waals surface area (Å²) >= 11 is 0. The molecular formula is C16H31N2O4P. The first-order valence-electron chi connectivity index (χ1n) is 7.73. The van der Waals surface area contributed by atoms with Crippen LogP contribution in [0.4, 0.5) is 0 Å². The molecule has 1 amide bonds. The first kappa shape index (κ1) is 23.9. The molecule has 0 fully saturated rings. The molecule has 0 spiro atoms. The highest BCUT2D eigenvalue weighted by atomic mass is 31.2. The normalized spacial score (nSPS) is 11.1. The number of amides is 1. The Labute approximate surface area is 140 Å². The van der Waals surface area contributed by atoms with E-state index in [0.29, 0.717) is 5.75 Å². The van der Waals surface area contributed by atoms with E-state index in [0.717, 1.165) is 5.56 Å². The standard InChI is InChI=1S/C12H19N2O4P.2C2H6/c1-18-10-6-4-9(5-7-10)12(19(2,3)17)13-8-11(15)14-16;2*1-2/h4-7,12-13,16H,8H2,1-3H3,(H,14,15);2*1-2H3. The highest BCUT2D eigenvalue weighted by molar-refractivity contribution is 7.62. The largest absolute Gasteiger partial charge is 0.497 e. The lowest BCUT2D eigenvalue weighted by Gasteiger charge is -2.23. The van der Waals surface area contributed by atoms with E-state index in [2.05, 4.69) is 5.32 Å². The van der Waals surface area contributed by atoms with Crippen LogP contribution in [0.1, 0.15) is 39.0 Å². The summed E-state index contributed by atoms with van der Waals surface area (Å²) in [5.74, 6) is -0.319. The minimum Gasteiger partial charge on any atom is -0.497 e. The molecule has 0 aliphatic rings. The smallest absolute Gasteiger partial charge is 0.257 e. The predicted molar refractivity (Wildman–Crippen MR) is 95.8 cm³/mol. The van der Waals surface area contributed by atoms with Gasteiger partial charge in [-0.15, -0.1) is 0 Å². The topological polar surface area (TPSA) is 87.7 Å². The van der Waals surface area contributed by atoms with E-state index in [1.807, 2.05) is 27.7 Å². The molecule has 1 rings (SSSR count). The van der Waals surface area contributed by atoms with Gasteiger partial charge in [0, 0.05) is 0 Å². The lowest BCUT2D eigenvalue weighted by molar-refractivity contribution is -0.128. The number of hydrogen-bond acceptors (Lipinski definition) is 5. The molecule has 1 aromatic rings. The van der Waals surface area contributed by atoms with Crippen molar-refractivity contribution in [2.45, 2.75) is 33.5 Å².